The predicted molar refractivity (Wildman–Crippen MR) is 114 cm³/mol. The molecule has 1 amide bonds. The summed E-state index contributed by atoms with van der Waals surface area (Å²) in [5.74, 6) is -0.0800. The molecule has 168 valence electrons. The maximum Gasteiger partial charge on any atom is 0.433 e. The quantitative estimate of drug-likeness (QED) is 0.436. The van der Waals surface area contributed by atoms with Crippen molar-refractivity contribution in [2.45, 2.75) is 32.4 Å². The largest absolute Gasteiger partial charge is 0.463 e. The molecular formula is C22H16F3N5O2S. The molecule has 5 rings (SSSR count). The number of aromatic nitrogens is 3. The van der Waals surface area contributed by atoms with Crippen molar-refractivity contribution in [2.24, 2.45) is 5.92 Å². The molecule has 4 heterocycles. The lowest BCUT2D eigenvalue weighted by Crippen LogP contribution is -2.15. The molecule has 1 unspecified atom stereocenters. The summed E-state index contributed by atoms with van der Waals surface area (Å²) in [6.07, 6.45) is 0.164. The number of anilines is 1. The van der Waals surface area contributed by atoms with Crippen LogP contribution in [0.4, 0.5) is 18.2 Å². The number of nitriles is 1. The number of hydrogen-bond donors (Lipinski definition) is 1. The van der Waals surface area contributed by atoms with Crippen molar-refractivity contribution in [3.63, 3.8) is 0 Å². The number of halogens is 3. The van der Waals surface area contributed by atoms with Crippen molar-refractivity contribution in [3.05, 3.63) is 57.9 Å². The van der Waals surface area contributed by atoms with Gasteiger partial charge in [0.25, 0.3) is 5.91 Å². The molecule has 1 aliphatic rings. The molecule has 0 spiro atoms. The van der Waals surface area contributed by atoms with Crippen LogP contribution in [0.3, 0.4) is 0 Å². The molecule has 0 radical (unpaired) electrons. The Balaban J connectivity index is 1.58. The zero-order valence-electron chi connectivity index (χ0n) is 17.2. The standard InChI is InChI=1S/C22H16F3N5O2S/c1-11-4-5-12-13(9-26)21(33-17(12)7-11)29-20(31)14-10-27-30-18(22(23,24)25)8-15(28-19(14)30)16-3-2-6-32-16/h2-3,6,8,10-11H,4-5,7H2,1H3,(H,29,31). The second kappa shape index (κ2) is 7.74. The normalized spacial score (nSPS) is 15.9. The molecule has 0 saturated heterocycles. The third kappa shape index (κ3) is 3.66. The van der Waals surface area contributed by atoms with E-state index in [1.54, 1.807) is 0 Å². The van der Waals surface area contributed by atoms with E-state index < -0.39 is 17.8 Å². The number of nitrogens with one attached hydrogen (secondary N) is 1. The maximum atomic E-state index is 13.7. The van der Waals surface area contributed by atoms with Crippen LogP contribution in [-0.4, -0.2) is 20.5 Å². The van der Waals surface area contributed by atoms with Crippen LogP contribution in [-0.2, 0) is 19.0 Å². The Labute approximate surface area is 189 Å². The third-order valence-corrected chi connectivity index (χ3v) is 6.80. The van der Waals surface area contributed by atoms with E-state index in [1.807, 2.05) is 0 Å². The summed E-state index contributed by atoms with van der Waals surface area (Å²) in [6.45, 7) is 2.13. The Kier molecular flexibility index (Phi) is 4.97. The van der Waals surface area contributed by atoms with Crippen molar-refractivity contribution in [1.82, 2.24) is 14.6 Å². The number of fused-ring (bicyclic) bond motifs is 2. The zero-order chi connectivity index (χ0) is 23.3. The minimum atomic E-state index is -4.74. The Hall–Kier alpha value is -3.65. The van der Waals surface area contributed by atoms with Crippen molar-refractivity contribution in [3.8, 4) is 17.5 Å². The number of hydrogen-bond acceptors (Lipinski definition) is 6. The van der Waals surface area contributed by atoms with E-state index in [-0.39, 0.29) is 22.7 Å². The Bertz CT molecular complexity index is 1410. The number of thiophene rings is 1. The first kappa shape index (κ1) is 21.2. The lowest BCUT2D eigenvalue weighted by molar-refractivity contribution is -0.142. The number of furan rings is 1. The molecule has 1 atom stereocenters. The minimum absolute atomic E-state index is 0.0762. The maximum absolute atomic E-state index is 13.7. The summed E-state index contributed by atoms with van der Waals surface area (Å²) in [5, 5.41) is 16.5. The fourth-order valence-electron chi connectivity index (χ4n) is 4.00. The molecule has 11 heteroatoms. The minimum Gasteiger partial charge on any atom is -0.463 e. The van der Waals surface area contributed by atoms with Gasteiger partial charge in [0.05, 0.1) is 18.0 Å². The number of alkyl halides is 3. The highest BCUT2D eigenvalue weighted by atomic mass is 32.1. The zero-order valence-corrected chi connectivity index (χ0v) is 18.0. The van der Waals surface area contributed by atoms with Crippen LogP contribution in [0.5, 0.6) is 0 Å². The van der Waals surface area contributed by atoms with Crippen LogP contribution in [0.25, 0.3) is 17.1 Å². The van der Waals surface area contributed by atoms with E-state index in [0.29, 0.717) is 21.0 Å². The average molecular weight is 471 g/mol. The highest BCUT2D eigenvalue weighted by Crippen LogP contribution is 2.39. The van der Waals surface area contributed by atoms with E-state index >= 15 is 0 Å². The van der Waals surface area contributed by atoms with Crippen LogP contribution < -0.4 is 5.32 Å². The molecule has 1 N–H and O–H groups in total. The van der Waals surface area contributed by atoms with Crippen LogP contribution in [0.1, 0.15) is 45.4 Å². The van der Waals surface area contributed by atoms with Gasteiger partial charge in [-0.3, -0.25) is 4.79 Å². The highest BCUT2D eigenvalue weighted by Gasteiger charge is 2.36. The Morgan fingerprint density at radius 3 is 2.94 bits per heavy atom. The van der Waals surface area contributed by atoms with Gasteiger partial charge in [0, 0.05) is 4.88 Å². The van der Waals surface area contributed by atoms with Crippen molar-refractivity contribution < 1.29 is 22.4 Å². The second-order valence-electron chi connectivity index (χ2n) is 7.92. The summed E-state index contributed by atoms with van der Waals surface area (Å²) in [5.41, 5.74) is -0.219. The lowest BCUT2D eigenvalue weighted by atomic mass is 9.88. The number of carbonyl (C=O) groups is 1. The summed E-state index contributed by atoms with van der Waals surface area (Å²) >= 11 is 1.33. The van der Waals surface area contributed by atoms with Gasteiger partial charge in [0.15, 0.2) is 17.1 Å². The van der Waals surface area contributed by atoms with Gasteiger partial charge in [-0.25, -0.2) is 9.50 Å². The smallest absolute Gasteiger partial charge is 0.433 e. The van der Waals surface area contributed by atoms with Gasteiger partial charge in [-0.15, -0.1) is 11.3 Å². The summed E-state index contributed by atoms with van der Waals surface area (Å²) < 4.78 is 46.9. The topological polar surface area (TPSA) is 96.2 Å². The number of amides is 1. The van der Waals surface area contributed by atoms with E-state index in [9.17, 15) is 23.2 Å². The number of carbonyl (C=O) groups excluding carboxylic acids is 1. The number of rotatable bonds is 3. The summed E-state index contributed by atoms with van der Waals surface area (Å²) in [4.78, 5) is 18.4. The molecule has 0 aromatic carbocycles. The molecule has 0 fully saturated rings. The molecule has 0 saturated carbocycles. The van der Waals surface area contributed by atoms with Gasteiger partial charge in [-0.1, -0.05) is 6.92 Å². The second-order valence-corrected chi connectivity index (χ2v) is 9.02. The molecule has 33 heavy (non-hydrogen) atoms. The predicted octanol–water partition coefficient (Wildman–Crippen LogP) is 5.32. The van der Waals surface area contributed by atoms with E-state index in [1.165, 1.54) is 29.7 Å². The first-order valence-electron chi connectivity index (χ1n) is 10.1. The Morgan fingerprint density at radius 2 is 2.24 bits per heavy atom. The van der Waals surface area contributed by atoms with Gasteiger partial charge < -0.3 is 9.73 Å². The molecular weight excluding hydrogens is 455 g/mol. The van der Waals surface area contributed by atoms with Gasteiger partial charge in [0.2, 0.25) is 0 Å². The molecule has 1 aliphatic carbocycles. The molecule has 0 aliphatic heterocycles. The average Bonchev–Trinajstić information content (AvgIpc) is 3.49. The number of nitrogens with zero attached hydrogens (tertiary/aromatic N) is 4. The van der Waals surface area contributed by atoms with Gasteiger partial charge >= 0.3 is 6.18 Å². The van der Waals surface area contributed by atoms with Crippen LogP contribution in [0.2, 0.25) is 0 Å². The molecule has 4 aromatic rings. The fraction of sp³-hybridized carbons (Fsp3) is 0.273. The molecule has 4 aromatic heterocycles. The monoisotopic (exact) mass is 471 g/mol. The van der Waals surface area contributed by atoms with Gasteiger partial charge in [-0.05, 0) is 48.9 Å². The van der Waals surface area contributed by atoms with E-state index in [4.69, 9.17) is 4.42 Å². The van der Waals surface area contributed by atoms with Gasteiger partial charge in [0.1, 0.15) is 22.3 Å². The third-order valence-electron chi connectivity index (χ3n) is 5.63. The van der Waals surface area contributed by atoms with Crippen LogP contribution >= 0.6 is 11.3 Å². The fourth-order valence-corrected chi connectivity index (χ4v) is 5.36. The summed E-state index contributed by atoms with van der Waals surface area (Å²) in [7, 11) is 0. The lowest BCUT2D eigenvalue weighted by Gasteiger charge is -2.17. The molecule has 7 nitrogen and oxygen atoms in total. The van der Waals surface area contributed by atoms with Crippen molar-refractivity contribution >= 4 is 27.9 Å². The van der Waals surface area contributed by atoms with E-state index in [0.717, 1.165) is 42.0 Å². The van der Waals surface area contributed by atoms with Gasteiger partial charge in [-0.2, -0.15) is 23.5 Å². The molecule has 0 bridgehead atoms. The van der Waals surface area contributed by atoms with Crippen molar-refractivity contribution in [1.29, 1.82) is 5.26 Å². The first-order valence-corrected chi connectivity index (χ1v) is 10.9. The Morgan fingerprint density at radius 1 is 1.42 bits per heavy atom. The van der Waals surface area contributed by atoms with E-state index in [2.05, 4.69) is 28.4 Å². The summed E-state index contributed by atoms with van der Waals surface area (Å²) in [6, 6.07) is 5.99. The van der Waals surface area contributed by atoms with Crippen molar-refractivity contribution in [2.75, 3.05) is 5.32 Å². The van der Waals surface area contributed by atoms with Crippen LogP contribution in [0.15, 0.2) is 35.1 Å². The van der Waals surface area contributed by atoms with Crippen LogP contribution in [0, 0.1) is 17.2 Å². The highest BCUT2D eigenvalue weighted by molar-refractivity contribution is 7.16. The SMILES string of the molecule is CC1CCc2c(sc(NC(=O)c3cnn4c(C(F)(F)F)cc(-c5ccco5)nc34)c2C#N)C1. The first-order chi connectivity index (χ1) is 15.8.